The van der Waals surface area contributed by atoms with Crippen LogP contribution in [-0.4, -0.2) is 24.5 Å². The maximum Gasteiger partial charge on any atom is 0.170 e. The average Bonchev–Trinajstić information content (AvgIpc) is 3.01. The molecule has 0 aliphatic rings. The first-order valence-corrected chi connectivity index (χ1v) is 9.01. The van der Waals surface area contributed by atoms with E-state index in [1.165, 1.54) is 4.88 Å². The van der Waals surface area contributed by atoms with Gasteiger partial charge in [-0.1, -0.05) is 6.07 Å². The van der Waals surface area contributed by atoms with Crippen molar-refractivity contribution in [2.75, 3.05) is 24.7 Å². The lowest BCUT2D eigenvalue weighted by Crippen LogP contribution is -2.30. The topological polar surface area (TPSA) is 33.3 Å². The van der Waals surface area contributed by atoms with E-state index in [1.54, 1.807) is 18.4 Å². The molecule has 2 rings (SSSR count). The second-order valence-corrected chi connectivity index (χ2v) is 6.79. The van der Waals surface area contributed by atoms with E-state index in [1.807, 2.05) is 36.0 Å². The molecule has 0 amide bonds. The fourth-order valence-corrected chi connectivity index (χ4v) is 3.57. The van der Waals surface area contributed by atoms with Gasteiger partial charge in [0.2, 0.25) is 0 Å². The van der Waals surface area contributed by atoms with Crippen molar-refractivity contribution in [2.45, 2.75) is 5.75 Å². The van der Waals surface area contributed by atoms with Crippen molar-refractivity contribution in [3.8, 4) is 5.75 Å². The molecule has 0 saturated heterocycles. The highest BCUT2D eigenvalue weighted by Crippen LogP contribution is 2.16. The highest BCUT2D eigenvalue weighted by molar-refractivity contribution is 7.98. The van der Waals surface area contributed by atoms with Crippen LogP contribution < -0.4 is 15.4 Å². The normalized spacial score (nSPS) is 10.1. The maximum absolute atomic E-state index is 5.27. The Bertz CT molecular complexity index is 541. The lowest BCUT2D eigenvalue weighted by Gasteiger charge is -2.10. The number of thiophene rings is 1. The van der Waals surface area contributed by atoms with Gasteiger partial charge in [-0.2, -0.15) is 11.8 Å². The first kappa shape index (κ1) is 16.1. The molecule has 0 fully saturated rings. The molecule has 0 spiro atoms. The Hall–Kier alpha value is -1.24. The Balaban J connectivity index is 1.60. The van der Waals surface area contributed by atoms with Gasteiger partial charge in [0.15, 0.2) is 5.11 Å². The van der Waals surface area contributed by atoms with Crippen molar-refractivity contribution >= 4 is 46.1 Å². The van der Waals surface area contributed by atoms with Crippen LogP contribution in [-0.2, 0) is 5.75 Å². The monoisotopic (exact) mass is 338 g/mol. The van der Waals surface area contributed by atoms with Gasteiger partial charge in [0.05, 0.1) is 7.11 Å². The molecule has 0 unspecified atom stereocenters. The van der Waals surface area contributed by atoms with Crippen LogP contribution in [0.15, 0.2) is 41.8 Å². The summed E-state index contributed by atoms with van der Waals surface area (Å²) in [6.45, 7) is 0.859. The van der Waals surface area contributed by atoms with Gasteiger partial charge in [-0.15, -0.1) is 11.3 Å². The van der Waals surface area contributed by atoms with Crippen molar-refractivity contribution in [1.29, 1.82) is 0 Å². The fraction of sp³-hybridized carbons (Fsp3) is 0.267. The number of anilines is 1. The summed E-state index contributed by atoms with van der Waals surface area (Å²) in [5.41, 5.74) is 0.958. The van der Waals surface area contributed by atoms with E-state index in [2.05, 4.69) is 28.1 Å². The Morgan fingerprint density at radius 1 is 1.29 bits per heavy atom. The second-order valence-electron chi connectivity index (χ2n) is 4.24. The molecule has 2 aromatic rings. The minimum Gasteiger partial charge on any atom is -0.497 e. The zero-order valence-corrected chi connectivity index (χ0v) is 14.2. The molecule has 21 heavy (non-hydrogen) atoms. The SMILES string of the molecule is COc1ccc(NC(=S)NCCSCc2cccs2)cc1. The molecule has 2 N–H and O–H groups in total. The first-order valence-electron chi connectivity index (χ1n) is 6.57. The van der Waals surface area contributed by atoms with E-state index in [4.69, 9.17) is 17.0 Å². The predicted molar refractivity (Wildman–Crippen MR) is 97.7 cm³/mol. The van der Waals surface area contributed by atoms with E-state index < -0.39 is 0 Å². The molecule has 0 atom stereocenters. The van der Waals surface area contributed by atoms with E-state index >= 15 is 0 Å². The number of hydrogen-bond donors (Lipinski definition) is 2. The van der Waals surface area contributed by atoms with Crippen molar-refractivity contribution < 1.29 is 4.74 Å². The molecule has 1 aromatic carbocycles. The van der Waals surface area contributed by atoms with Gasteiger partial charge in [0.25, 0.3) is 0 Å². The van der Waals surface area contributed by atoms with E-state index in [0.717, 1.165) is 29.5 Å². The Morgan fingerprint density at radius 2 is 2.10 bits per heavy atom. The molecule has 0 saturated carbocycles. The molecule has 0 aliphatic heterocycles. The van der Waals surface area contributed by atoms with Crippen LogP contribution in [0.5, 0.6) is 5.75 Å². The number of nitrogens with one attached hydrogen (secondary N) is 2. The summed E-state index contributed by atoms with van der Waals surface area (Å²) in [6.07, 6.45) is 0. The molecule has 0 radical (unpaired) electrons. The number of ether oxygens (including phenoxy) is 1. The standard InChI is InChI=1S/C15H18N2OS3/c1-18-13-6-4-12(5-7-13)17-15(19)16-8-10-20-11-14-3-2-9-21-14/h2-7,9H,8,10-11H2,1H3,(H2,16,17,19). The van der Waals surface area contributed by atoms with Gasteiger partial charge in [0, 0.05) is 28.6 Å². The third kappa shape index (κ3) is 5.95. The molecule has 1 heterocycles. The van der Waals surface area contributed by atoms with E-state index in [-0.39, 0.29) is 0 Å². The van der Waals surface area contributed by atoms with Crippen molar-refractivity contribution in [3.05, 3.63) is 46.7 Å². The zero-order valence-electron chi connectivity index (χ0n) is 11.8. The molecule has 6 heteroatoms. The van der Waals surface area contributed by atoms with Crippen molar-refractivity contribution in [2.24, 2.45) is 0 Å². The number of benzene rings is 1. The lowest BCUT2D eigenvalue weighted by molar-refractivity contribution is 0.415. The molecule has 0 aliphatic carbocycles. The first-order chi connectivity index (χ1) is 10.3. The number of thiocarbonyl (C=S) groups is 1. The van der Waals surface area contributed by atoms with Gasteiger partial charge >= 0.3 is 0 Å². The quantitative estimate of drug-likeness (QED) is 0.589. The summed E-state index contributed by atoms with van der Waals surface area (Å²) < 4.78 is 5.12. The van der Waals surface area contributed by atoms with Gasteiger partial charge in [-0.05, 0) is 47.9 Å². The Labute approximate surface area is 139 Å². The molecule has 112 valence electrons. The second kappa shape index (κ2) is 8.92. The van der Waals surface area contributed by atoms with Gasteiger partial charge < -0.3 is 15.4 Å². The summed E-state index contributed by atoms with van der Waals surface area (Å²) in [5, 5.41) is 9.13. The molecule has 1 aromatic heterocycles. The van der Waals surface area contributed by atoms with Crippen LogP contribution in [0.1, 0.15) is 4.88 Å². The Morgan fingerprint density at radius 3 is 2.76 bits per heavy atom. The van der Waals surface area contributed by atoms with Crippen LogP contribution >= 0.6 is 35.3 Å². The van der Waals surface area contributed by atoms with Gasteiger partial charge in [-0.25, -0.2) is 0 Å². The molecule has 3 nitrogen and oxygen atoms in total. The van der Waals surface area contributed by atoms with E-state index in [9.17, 15) is 0 Å². The largest absolute Gasteiger partial charge is 0.497 e. The van der Waals surface area contributed by atoms with Gasteiger partial charge in [-0.3, -0.25) is 0 Å². The molecular weight excluding hydrogens is 320 g/mol. The van der Waals surface area contributed by atoms with Crippen LogP contribution in [0.25, 0.3) is 0 Å². The number of methoxy groups -OCH3 is 1. The Kier molecular flexibility index (Phi) is 6.85. The number of hydrogen-bond acceptors (Lipinski definition) is 4. The summed E-state index contributed by atoms with van der Waals surface area (Å²) in [7, 11) is 1.66. The van der Waals surface area contributed by atoms with Crippen molar-refractivity contribution in [1.82, 2.24) is 5.32 Å². The number of thioether (sulfide) groups is 1. The summed E-state index contributed by atoms with van der Waals surface area (Å²) in [6, 6.07) is 12.0. The third-order valence-corrected chi connectivity index (χ3v) is 5.02. The average molecular weight is 339 g/mol. The number of rotatable bonds is 7. The van der Waals surface area contributed by atoms with Crippen LogP contribution in [0.4, 0.5) is 5.69 Å². The summed E-state index contributed by atoms with van der Waals surface area (Å²) in [5.74, 6) is 2.93. The summed E-state index contributed by atoms with van der Waals surface area (Å²) >= 11 is 8.98. The fourth-order valence-electron chi connectivity index (χ4n) is 1.65. The van der Waals surface area contributed by atoms with Crippen LogP contribution in [0.2, 0.25) is 0 Å². The highest BCUT2D eigenvalue weighted by atomic mass is 32.2. The van der Waals surface area contributed by atoms with Crippen molar-refractivity contribution in [3.63, 3.8) is 0 Å². The maximum atomic E-state index is 5.27. The lowest BCUT2D eigenvalue weighted by atomic mass is 10.3. The van der Waals surface area contributed by atoms with Gasteiger partial charge in [0.1, 0.15) is 5.75 Å². The molecule has 0 bridgehead atoms. The van der Waals surface area contributed by atoms with E-state index in [0.29, 0.717) is 5.11 Å². The summed E-state index contributed by atoms with van der Waals surface area (Å²) in [4.78, 5) is 1.42. The van der Waals surface area contributed by atoms with Crippen LogP contribution in [0, 0.1) is 0 Å². The predicted octanol–water partition coefficient (Wildman–Crippen LogP) is 3.98. The smallest absolute Gasteiger partial charge is 0.170 e. The molecular formula is C15H18N2OS3. The zero-order chi connectivity index (χ0) is 14.9. The highest BCUT2D eigenvalue weighted by Gasteiger charge is 1.99. The minimum atomic E-state index is 0.650. The minimum absolute atomic E-state index is 0.650. The van der Waals surface area contributed by atoms with Crippen LogP contribution in [0.3, 0.4) is 0 Å². The third-order valence-electron chi connectivity index (χ3n) is 2.70.